The largest absolute Gasteiger partial charge is 0.456 e. The molecular weight excluding hydrogens is 439 g/mol. The summed E-state index contributed by atoms with van der Waals surface area (Å²) in [6.07, 6.45) is -4.57. The van der Waals surface area contributed by atoms with Crippen LogP contribution in [-0.4, -0.2) is 10.8 Å². The van der Waals surface area contributed by atoms with Crippen LogP contribution in [-0.2, 0) is 6.18 Å². The predicted octanol–water partition coefficient (Wildman–Crippen LogP) is 5.82. The maximum Gasteiger partial charge on any atom is 0.416 e. The molecule has 11 heteroatoms. The molecule has 0 atom stereocenters. The predicted molar refractivity (Wildman–Crippen MR) is 107 cm³/mol. The fourth-order valence-corrected chi connectivity index (χ4v) is 2.73. The van der Waals surface area contributed by atoms with Crippen molar-refractivity contribution in [1.82, 2.24) is 5.43 Å². The number of halogens is 4. The summed E-state index contributed by atoms with van der Waals surface area (Å²) in [5.74, 6) is -0.571. The lowest BCUT2D eigenvalue weighted by Gasteiger charge is -2.13. The minimum Gasteiger partial charge on any atom is -0.456 e. The average molecular weight is 452 g/mol. The van der Waals surface area contributed by atoms with Crippen LogP contribution in [0, 0.1) is 10.1 Å². The summed E-state index contributed by atoms with van der Waals surface area (Å²) in [5.41, 5.74) is 3.71. The third kappa shape index (κ3) is 5.43. The first kappa shape index (κ1) is 21.9. The zero-order chi connectivity index (χ0) is 22.6. The van der Waals surface area contributed by atoms with Crippen molar-refractivity contribution in [2.45, 2.75) is 6.18 Å². The van der Waals surface area contributed by atoms with E-state index in [1.54, 1.807) is 30.3 Å². The normalized spacial score (nSPS) is 11.0. The van der Waals surface area contributed by atoms with Gasteiger partial charge in [-0.25, -0.2) is 0 Å². The summed E-state index contributed by atoms with van der Waals surface area (Å²) in [6.45, 7) is 0. The Morgan fingerprint density at radius 2 is 1.74 bits per heavy atom. The van der Waals surface area contributed by atoms with Crippen molar-refractivity contribution >= 4 is 28.9 Å². The molecule has 31 heavy (non-hydrogen) atoms. The van der Waals surface area contributed by atoms with Gasteiger partial charge in [-0.2, -0.15) is 13.2 Å². The number of nitro groups is 1. The number of hydrogen-bond donors (Lipinski definition) is 2. The van der Waals surface area contributed by atoms with Gasteiger partial charge in [-0.1, -0.05) is 29.8 Å². The van der Waals surface area contributed by atoms with Crippen LogP contribution in [0.25, 0.3) is 0 Å². The van der Waals surface area contributed by atoms with Crippen LogP contribution >= 0.6 is 11.6 Å². The van der Waals surface area contributed by atoms with Crippen molar-refractivity contribution in [3.8, 4) is 11.5 Å². The van der Waals surface area contributed by atoms with Crippen LogP contribution in [0.15, 0.2) is 66.7 Å². The molecule has 160 valence electrons. The van der Waals surface area contributed by atoms with Crippen LogP contribution in [0.3, 0.4) is 0 Å². The number of amides is 1. The second kappa shape index (κ2) is 8.92. The van der Waals surface area contributed by atoms with Gasteiger partial charge in [0.05, 0.1) is 15.5 Å². The topological polar surface area (TPSA) is 93.5 Å². The van der Waals surface area contributed by atoms with Crippen molar-refractivity contribution in [2.75, 3.05) is 5.43 Å². The van der Waals surface area contributed by atoms with E-state index in [0.29, 0.717) is 11.6 Å². The van der Waals surface area contributed by atoms with Gasteiger partial charge in [0.15, 0.2) is 0 Å². The smallest absolute Gasteiger partial charge is 0.416 e. The number of nitrogens with zero attached hydrogens (tertiary/aromatic N) is 1. The van der Waals surface area contributed by atoms with E-state index < -0.39 is 22.6 Å². The average Bonchev–Trinajstić information content (AvgIpc) is 2.73. The summed E-state index contributed by atoms with van der Waals surface area (Å²) in [7, 11) is 0. The number of nitro benzene ring substituents is 1. The second-order valence-corrected chi connectivity index (χ2v) is 6.53. The maximum atomic E-state index is 12.8. The first-order valence-corrected chi connectivity index (χ1v) is 8.97. The van der Waals surface area contributed by atoms with Gasteiger partial charge in [0.25, 0.3) is 11.6 Å². The van der Waals surface area contributed by atoms with Crippen LogP contribution in [0.5, 0.6) is 11.5 Å². The van der Waals surface area contributed by atoms with Crippen molar-refractivity contribution in [3.05, 3.63) is 93.0 Å². The van der Waals surface area contributed by atoms with Gasteiger partial charge in [0, 0.05) is 17.7 Å². The molecule has 0 radical (unpaired) electrons. The molecular formula is C20H13ClF3N3O4. The molecule has 0 unspecified atom stereocenters. The summed E-state index contributed by atoms with van der Waals surface area (Å²) >= 11 is 5.87. The minimum absolute atomic E-state index is 0.0451. The van der Waals surface area contributed by atoms with Crippen LogP contribution < -0.4 is 15.6 Å². The molecule has 0 spiro atoms. The lowest BCUT2D eigenvalue weighted by molar-refractivity contribution is -0.384. The summed E-state index contributed by atoms with van der Waals surface area (Å²) < 4.78 is 43.8. The van der Waals surface area contributed by atoms with E-state index in [4.69, 9.17) is 16.3 Å². The fraction of sp³-hybridized carbons (Fsp3) is 0.0500. The molecule has 0 aliphatic rings. The van der Waals surface area contributed by atoms with E-state index in [-0.39, 0.29) is 27.9 Å². The molecule has 3 aromatic carbocycles. The number of ether oxygens (including phenoxy) is 1. The van der Waals surface area contributed by atoms with E-state index in [0.717, 1.165) is 18.2 Å². The Bertz CT molecular complexity index is 1120. The monoisotopic (exact) mass is 451 g/mol. The molecule has 0 aromatic heterocycles. The first-order valence-electron chi connectivity index (χ1n) is 8.59. The van der Waals surface area contributed by atoms with Gasteiger partial charge < -0.3 is 4.74 Å². The number of alkyl halides is 3. The van der Waals surface area contributed by atoms with Gasteiger partial charge in [0.2, 0.25) is 0 Å². The van der Waals surface area contributed by atoms with E-state index >= 15 is 0 Å². The Morgan fingerprint density at radius 1 is 1.03 bits per heavy atom. The van der Waals surface area contributed by atoms with E-state index in [1.807, 2.05) is 0 Å². The number of carbonyl (C=O) groups is 1. The van der Waals surface area contributed by atoms with Gasteiger partial charge in [-0.3, -0.25) is 25.8 Å². The lowest BCUT2D eigenvalue weighted by Crippen LogP contribution is -2.29. The highest BCUT2D eigenvalue weighted by molar-refractivity contribution is 6.32. The van der Waals surface area contributed by atoms with Gasteiger partial charge >= 0.3 is 6.18 Å². The lowest BCUT2D eigenvalue weighted by atomic mass is 10.2. The van der Waals surface area contributed by atoms with Gasteiger partial charge in [-0.15, -0.1) is 0 Å². The van der Waals surface area contributed by atoms with E-state index in [9.17, 15) is 28.1 Å². The first-order chi connectivity index (χ1) is 14.6. The summed E-state index contributed by atoms with van der Waals surface area (Å²) in [4.78, 5) is 22.7. The second-order valence-electron chi connectivity index (χ2n) is 6.13. The molecule has 0 aliphatic carbocycles. The number of carbonyl (C=O) groups excluding carboxylic acids is 1. The molecule has 0 saturated carbocycles. The molecule has 1 amide bonds. The summed E-state index contributed by atoms with van der Waals surface area (Å²) in [5, 5.41) is 11.0. The molecule has 7 nitrogen and oxygen atoms in total. The molecule has 0 saturated heterocycles. The van der Waals surface area contributed by atoms with Crippen molar-refractivity contribution in [3.63, 3.8) is 0 Å². The molecule has 0 fully saturated rings. The molecule has 3 rings (SSSR count). The number of anilines is 1. The van der Waals surface area contributed by atoms with Crippen molar-refractivity contribution in [2.24, 2.45) is 0 Å². The SMILES string of the molecule is O=C(NNc1cc(Oc2ccc(C(F)(F)F)cc2Cl)ccc1[N+](=O)[O-])c1ccccc1. The summed E-state index contributed by atoms with van der Waals surface area (Å²) in [6, 6.07) is 14.2. The Morgan fingerprint density at radius 3 is 2.35 bits per heavy atom. The van der Waals surface area contributed by atoms with E-state index in [2.05, 4.69) is 10.9 Å². The Kier molecular flexibility index (Phi) is 6.30. The van der Waals surface area contributed by atoms with Crippen molar-refractivity contribution < 1.29 is 27.6 Å². The fourth-order valence-electron chi connectivity index (χ4n) is 2.51. The third-order valence-corrected chi connectivity index (χ3v) is 4.29. The van der Waals surface area contributed by atoms with Crippen LogP contribution in [0.4, 0.5) is 24.5 Å². The van der Waals surface area contributed by atoms with Gasteiger partial charge in [0.1, 0.15) is 17.2 Å². The minimum atomic E-state index is -4.57. The van der Waals surface area contributed by atoms with Gasteiger partial charge in [-0.05, 0) is 36.4 Å². The van der Waals surface area contributed by atoms with Crippen LogP contribution in [0.1, 0.15) is 15.9 Å². The van der Waals surface area contributed by atoms with Crippen molar-refractivity contribution in [1.29, 1.82) is 0 Å². The number of nitrogens with one attached hydrogen (secondary N) is 2. The third-order valence-electron chi connectivity index (χ3n) is 4.00. The molecule has 0 bridgehead atoms. The zero-order valence-electron chi connectivity index (χ0n) is 15.4. The highest BCUT2D eigenvalue weighted by Gasteiger charge is 2.31. The quantitative estimate of drug-likeness (QED) is 0.364. The highest BCUT2D eigenvalue weighted by Crippen LogP contribution is 2.37. The highest BCUT2D eigenvalue weighted by atomic mass is 35.5. The number of benzene rings is 3. The molecule has 0 heterocycles. The maximum absolute atomic E-state index is 12.8. The number of hydrogen-bond acceptors (Lipinski definition) is 5. The molecule has 2 N–H and O–H groups in total. The van der Waals surface area contributed by atoms with Crippen LogP contribution in [0.2, 0.25) is 5.02 Å². The number of rotatable bonds is 6. The Balaban J connectivity index is 1.81. The zero-order valence-corrected chi connectivity index (χ0v) is 16.2. The molecule has 3 aromatic rings. The number of hydrazine groups is 1. The Hall–Kier alpha value is -3.79. The molecule has 0 aliphatic heterocycles. The van der Waals surface area contributed by atoms with E-state index in [1.165, 1.54) is 12.1 Å². The Labute approximate surface area is 178 Å². The standard InChI is InChI=1S/C20H13ClF3N3O4/c21-15-10-13(20(22,23)24)6-9-18(15)31-14-7-8-17(27(29)30)16(11-14)25-26-19(28)12-4-2-1-3-5-12/h1-11,25H,(H,26,28).